The monoisotopic (exact) mass is 226 g/mol. The second-order valence-corrected chi connectivity index (χ2v) is 4.68. The van der Waals surface area contributed by atoms with Crippen LogP contribution in [0.4, 0.5) is 0 Å². The summed E-state index contributed by atoms with van der Waals surface area (Å²) in [5.74, 6) is 0. The summed E-state index contributed by atoms with van der Waals surface area (Å²) in [6.45, 7) is 0. The average molecular weight is 227 g/mol. The molecular weight excluding hydrogens is 224 g/mol. The molecule has 0 aliphatic heterocycles. The van der Waals surface area contributed by atoms with Gasteiger partial charge in [-0.25, -0.2) is 0 Å². The first-order valence-corrected chi connectivity index (χ1v) is 4.38. The van der Waals surface area contributed by atoms with E-state index < -0.39 is 0 Å². The molecule has 0 spiro atoms. The summed E-state index contributed by atoms with van der Waals surface area (Å²) in [6, 6.07) is 1.93. The van der Waals surface area contributed by atoms with E-state index in [4.69, 9.17) is 0 Å². The highest BCUT2D eigenvalue weighted by atomic mass is 79.9. The molecule has 1 aromatic rings. The van der Waals surface area contributed by atoms with E-state index >= 15 is 0 Å². The second-order valence-electron chi connectivity index (χ2n) is 1.24. The predicted octanol–water partition coefficient (Wildman–Crippen LogP) is 3.09. The molecule has 0 saturated carbocycles. The van der Waals surface area contributed by atoms with Gasteiger partial charge in [0.05, 0.1) is 8.42 Å². The summed E-state index contributed by atoms with van der Waals surface area (Å²) < 4.78 is 2.99. The maximum Gasteiger partial charge on any atom is 0.0722 e. The van der Waals surface area contributed by atoms with Crippen LogP contribution in [-0.2, 0) is 0 Å². The minimum Gasteiger partial charge on any atom is -0.133 e. The van der Waals surface area contributed by atoms with E-state index in [1.807, 2.05) is 6.07 Å². The average Bonchev–Trinajstić information content (AvgIpc) is 1.85. The Labute approximate surface area is 71.2 Å². The van der Waals surface area contributed by atoms with Crippen molar-refractivity contribution in [2.24, 2.45) is 0 Å². The predicted molar refractivity (Wildman–Crippen MR) is 46.5 cm³/mol. The molecule has 0 aliphatic carbocycles. The van der Waals surface area contributed by atoms with Crippen molar-refractivity contribution < 1.29 is 0 Å². The molecule has 1 aromatic heterocycles. The summed E-state index contributed by atoms with van der Waals surface area (Å²) in [5, 5.41) is 0. The van der Waals surface area contributed by atoms with Gasteiger partial charge >= 0.3 is 0 Å². The highest BCUT2D eigenvalue weighted by Crippen LogP contribution is 2.31. The summed E-state index contributed by atoms with van der Waals surface area (Å²) >= 11 is 13.1. The van der Waals surface area contributed by atoms with Gasteiger partial charge in [-0.2, -0.15) is 0 Å². The maximum absolute atomic E-state index is 4.14. The standard InChI is InChI=1S/C4H3BrS3/c5-2-1-3(6)8-4(2)7/h1,6-7H. The lowest BCUT2D eigenvalue weighted by Crippen LogP contribution is -1.46. The van der Waals surface area contributed by atoms with Crippen molar-refractivity contribution in [3.8, 4) is 0 Å². The molecule has 0 aliphatic rings. The Balaban J connectivity index is 3.14. The fourth-order valence-corrected chi connectivity index (χ4v) is 2.66. The number of rotatable bonds is 0. The SMILES string of the molecule is Sc1cc(Br)c(S)s1. The Bertz CT molecular complexity index is 174. The molecule has 1 rings (SSSR count). The molecule has 0 amide bonds. The zero-order valence-electron chi connectivity index (χ0n) is 3.76. The molecule has 0 aromatic carbocycles. The van der Waals surface area contributed by atoms with Gasteiger partial charge in [-0.1, -0.05) is 0 Å². The molecule has 0 atom stereocenters. The Morgan fingerprint density at radius 2 is 2.12 bits per heavy atom. The molecule has 0 nitrogen and oxygen atoms in total. The summed E-state index contributed by atoms with van der Waals surface area (Å²) in [4.78, 5) is 0. The van der Waals surface area contributed by atoms with Crippen molar-refractivity contribution in [2.75, 3.05) is 0 Å². The van der Waals surface area contributed by atoms with Gasteiger partial charge in [-0.05, 0) is 22.0 Å². The van der Waals surface area contributed by atoms with Crippen molar-refractivity contribution in [3.63, 3.8) is 0 Å². The number of thiophene rings is 1. The van der Waals surface area contributed by atoms with Crippen molar-refractivity contribution in [1.82, 2.24) is 0 Å². The number of thiol groups is 2. The smallest absolute Gasteiger partial charge is 0.0722 e. The van der Waals surface area contributed by atoms with E-state index in [-0.39, 0.29) is 0 Å². The van der Waals surface area contributed by atoms with E-state index in [0.29, 0.717) is 0 Å². The lowest BCUT2D eigenvalue weighted by Gasteiger charge is -1.76. The quantitative estimate of drug-likeness (QED) is 0.625. The lowest BCUT2D eigenvalue weighted by atomic mass is 10.7. The first-order valence-electron chi connectivity index (χ1n) is 1.87. The molecule has 0 radical (unpaired) electrons. The Morgan fingerprint density at radius 1 is 1.50 bits per heavy atom. The van der Waals surface area contributed by atoms with Gasteiger partial charge in [0.2, 0.25) is 0 Å². The fourth-order valence-electron chi connectivity index (χ4n) is 0.347. The molecule has 8 heavy (non-hydrogen) atoms. The third kappa shape index (κ3) is 1.43. The Kier molecular flexibility index (Phi) is 2.31. The largest absolute Gasteiger partial charge is 0.133 e. The third-order valence-corrected chi connectivity index (χ3v) is 3.51. The number of hydrogen-bond acceptors (Lipinski definition) is 3. The first kappa shape index (κ1) is 6.99. The van der Waals surface area contributed by atoms with Crippen molar-refractivity contribution in [3.05, 3.63) is 10.5 Å². The summed E-state index contributed by atoms with van der Waals surface area (Å²) in [7, 11) is 0. The minimum absolute atomic E-state index is 0.981. The van der Waals surface area contributed by atoms with Gasteiger partial charge < -0.3 is 0 Å². The van der Waals surface area contributed by atoms with Gasteiger partial charge in [0.25, 0.3) is 0 Å². The summed E-state index contributed by atoms with van der Waals surface area (Å²) in [5.41, 5.74) is 0. The molecule has 0 bridgehead atoms. The molecule has 0 unspecified atom stereocenters. The molecule has 44 valence electrons. The van der Waals surface area contributed by atoms with E-state index in [1.165, 1.54) is 0 Å². The van der Waals surface area contributed by atoms with Gasteiger partial charge in [0.15, 0.2) is 0 Å². The Hall–Kier alpha value is 0.880. The van der Waals surface area contributed by atoms with E-state index in [0.717, 1.165) is 12.9 Å². The third-order valence-electron chi connectivity index (χ3n) is 0.656. The van der Waals surface area contributed by atoms with Crippen LogP contribution in [0.5, 0.6) is 0 Å². The molecule has 0 saturated heterocycles. The highest BCUT2D eigenvalue weighted by molar-refractivity contribution is 9.10. The Morgan fingerprint density at radius 3 is 2.25 bits per heavy atom. The molecule has 4 heteroatoms. The van der Waals surface area contributed by atoms with Crippen LogP contribution in [0.15, 0.2) is 19.0 Å². The second kappa shape index (κ2) is 2.64. The number of halogens is 1. The van der Waals surface area contributed by atoms with Crippen molar-refractivity contribution >= 4 is 52.5 Å². The van der Waals surface area contributed by atoms with E-state index in [9.17, 15) is 0 Å². The molecular formula is C4H3BrS3. The molecule has 1 heterocycles. The van der Waals surface area contributed by atoms with Crippen LogP contribution in [0.3, 0.4) is 0 Å². The van der Waals surface area contributed by atoms with Crippen molar-refractivity contribution in [1.29, 1.82) is 0 Å². The van der Waals surface area contributed by atoms with Gasteiger partial charge in [0, 0.05) is 4.47 Å². The van der Waals surface area contributed by atoms with Gasteiger partial charge in [-0.15, -0.1) is 36.6 Å². The molecule has 0 fully saturated rings. The maximum atomic E-state index is 4.14. The van der Waals surface area contributed by atoms with Gasteiger partial charge in [0.1, 0.15) is 0 Å². The van der Waals surface area contributed by atoms with Gasteiger partial charge in [-0.3, -0.25) is 0 Å². The van der Waals surface area contributed by atoms with Crippen LogP contribution in [0.2, 0.25) is 0 Å². The van der Waals surface area contributed by atoms with Crippen LogP contribution >= 0.6 is 52.5 Å². The highest BCUT2D eigenvalue weighted by Gasteiger charge is 1.97. The van der Waals surface area contributed by atoms with Crippen LogP contribution in [0, 0.1) is 0 Å². The zero-order valence-corrected chi connectivity index (χ0v) is 7.95. The zero-order chi connectivity index (χ0) is 6.15. The van der Waals surface area contributed by atoms with Crippen LogP contribution < -0.4 is 0 Å². The first-order chi connectivity index (χ1) is 3.70. The van der Waals surface area contributed by atoms with Crippen LogP contribution in [0.1, 0.15) is 0 Å². The van der Waals surface area contributed by atoms with Crippen LogP contribution in [0.25, 0.3) is 0 Å². The molecule has 0 N–H and O–H groups in total. The normalized spacial score (nSPS) is 9.88. The van der Waals surface area contributed by atoms with Crippen LogP contribution in [-0.4, -0.2) is 0 Å². The van der Waals surface area contributed by atoms with E-state index in [2.05, 4.69) is 41.2 Å². The number of hydrogen-bond donors (Lipinski definition) is 2. The minimum atomic E-state index is 0.981. The fraction of sp³-hybridized carbons (Fsp3) is 0. The topological polar surface area (TPSA) is 0 Å². The summed E-state index contributed by atoms with van der Waals surface area (Å²) in [6.07, 6.45) is 0. The lowest BCUT2D eigenvalue weighted by molar-refractivity contribution is 1.62. The van der Waals surface area contributed by atoms with E-state index in [1.54, 1.807) is 11.3 Å². The van der Waals surface area contributed by atoms with Crippen molar-refractivity contribution in [2.45, 2.75) is 8.42 Å².